The third kappa shape index (κ3) is 6.18. The van der Waals surface area contributed by atoms with Gasteiger partial charge in [0.2, 0.25) is 0 Å². The lowest BCUT2D eigenvalue weighted by molar-refractivity contribution is -0.139. The molecule has 0 aromatic heterocycles. The van der Waals surface area contributed by atoms with Gasteiger partial charge >= 0.3 is 11.9 Å². The second-order valence-electron chi connectivity index (χ2n) is 4.27. The Hall–Kier alpha value is -1.37. The van der Waals surface area contributed by atoms with Gasteiger partial charge in [0, 0.05) is 9.14 Å². The molecule has 0 atom stereocenters. The first-order valence-electron chi connectivity index (χ1n) is 6.26. The first-order chi connectivity index (χ1) is 9.50. The van der Waals surface area contributed by atoms with Crippen molar-refractivity contribution in [3.63, 3.8) is 0 Å². The van der Waals surface area contributed by atoms with Gasteiger partial charge in [0.1, 0.15) is 0 Å². The summed E-state index contributed by atoms with van der Waals surface area (Å²) in [5.41, 5.74) is 0.925. The molecule has 0 bridgehead atoms. The highest BCUT2D eigenvalue weighted by Gasteiger charge is 2.06. The molecule has 1 aromatic rings. The maximum Gasteiger partial charge on any atom is 0.338 e. The molecule has 0 spiro atoms. The van der Waals surface area contributed by atoms with E-state index in [1.807, 2.05) is 12.1 Å². The minimum absolute atomic E-state index is 0.312. The molecule has 108 valence electrons. The lowest BCUT2D eigenvalue weighted by Gasteiger charge is -2.06. The Kier molecular flexibility index (Phi) is 7.28. The van der Waals surface area contributed by atoms with E-state index in [1.54, 1.807) is 19.1 Å². The summed E-state index contributed by atoms with van der Waals surface area (Å²) in [6.07, 6.45) is 1.30. The predicted octanol–water partition coefficient (Wildman–Crippen LogP) is 3.35. The molecule has 0 aliphatic rings. The van der Waals surface area contributed by atoms with E-state index < -0.39 is 0 Å². The summed E-state index contributed by atoms with van der Waals surface area (Å²) in [7, 11) is 0. The van der Waals surface area contributed by atoms with E-state index >= 15 is 0 Å². The molecule has 0 unspecified atom stereocenters. The van der Waals surface area contributed by atoms with Gasteiger partial charge in [-0.05, 0) is 66.6 Å². The standard InChI is InChI=1S/C15H17IO4/c1-11(2)14(17)19-9-3-4-10-20-15(18)12-5-7-13(16)8-6-12/h5-8H,1,3-4,9-10H2,2H3. The Morgan fingerprint density at radius 2 is 1.65 bits per heavy atom. The maximum atomic E-state index is 11.7. The number of rotatable bonds is 7. The fraction of sp³-hybridized carbons (Fsp3) is 0.333. The van der Waals surface area contributed by atoms with Gasteiger partial charge in [0.15, 0.2) is 0 Å². The Morgan fingerprint density at radius 3 is 2.20 bits per heavy atom. The van der Waals surface area contributed by atoms with Crippen LogP contribution in [0.2, 0.25) is 0 Å². The molecule has 0 aliphatic heterocycles. The largest absolute Gasteiger partial charge is 0.462 e. The summed E-state index contributed by atoms with van der Waals surface area (Å²) in [6, 6.07) is 7.18. The minimum Gasteiger partial charge on any atom is -0.462 e. The third-order valence-corrected chi connectivity index (χ3v) is 3.15. The molecular weight excluding hydrogens is 371 g/mol. The molecule has 0 fully saturated rings. The monoisotopic (exact) mass is 388 g/mol. The first-order valence-corrected chi connectivity index (χ1v) is 7.34. The van der Waals surface area contributed by atoms with E-state index in [1.165, 1.54) is 0 Å². The summed E-state index contributed by atoms with van der Waals surface area (Å²) in [6.45, 7) is 5.72. The van der Waals surface area contributed by atoms with Crippen molar-refractivity contribution in [1.29, 1.82) is 0 Å². The van der Waals surface area contributed by atoms with Crippen LogP contribution >= 0.6 is 22.6 Å². The molecule has 0 aliphatic carbocycles. The van der Waals surface area contributed by atoms with Crippen LogP contribution in [-0.4, -0.2) is 25.2 Å². The summed E-state index contributed by atoms with van der Waals surface area (Å²) in [5, 5.41) is 0. The summed E-state index contributed by atoms with van der Waals surface area (Å²) in [4.78, 5) is 22.8. The Morgan fingerprint density at radius 1 is 1.10 bits per heavy atom. The van der Waals surface area contributed by atoms with E-state index in [4.69, 9.17) is 9.47 Å². The van der Waals surface area contributed by atoms with Crippen LogP contribution in [0.3, 0.4) is 0 Å². The molecule has 0 radical (unpaired) electrons. The lowest BCUT2D eigenvalue weighted by atomic mass is 10.2. The van der Waals surface area contributed by atoms with E-state index in [2.05, 4.69) is 29.2 Å². The molecule has 0 saturated carbocycles. The average Bonchev–Trinajstić information content (AvgIpc) is 2.42. The first kappa shape index (κ1) is 16.7. The lowest BCUT2D eigenvalue weighted by Crippen LogP contribution is -2.09. The smallest absolute Gasteiger partial charge is 0.338 e. The van der Waals surface area contributed by atoms with E-state index in [0.29, 0.717) is 37.2 Å². The van der Waals surface area contributed by atoms with E-state index in [0.717, 1.165) is 3.57 Å². The van der Waals surface area contributed by atoms with Gasteiger partial charge in [0.05, 0.1) is 18.8 Å². The van der Waals surface area contributed by atoms with Gasteiger partial charge in [-0.15, -0.1) is 0 Å². The van der Waals surface area contributed by atoms with Crippen molar-refractivity contribution in [2.75, 3.05) is 13.2 Å². The van der Waals surface area contributed by atoms with Gasteiger partial charge in [-0.2, -0.15) is 0 Å². The normalized spacial score (nSPS) is 9.90. The van der Waals surface area contributed by atoms with Gasteiger partial charge in [-0.25, -0.2) is 9.59 Å². The van der Waals surface area contributed by atoms with Gasteiger partial charge in [-0.3, -0.25) is 0 Å². The number of hydrogen-bond donors (Lipinski definition) is 0. The number of ether oxygens (including phenoxy) is 2. The fourth-order valence-electron chi connectivity index (χ4n) is 1.33. The number of halogens is 1. The average molecular weight is 388 g/mol. The highest BCUT2D eigenvalue weighted by Crippen LogP contribution is 2.08. The maximum absolute atomic E-state index is 11.7. The zero-order valence-electron chi connectivity index (χ0n) is 11.4. The van der Waals surface area contributed by atoms with E-state index in [-0.39, 0.29) is 11.9 Å². The fourth-order valence-corrected chi connectivity index (χ4v) is 1.69. The van der Waals surface area contributed by atoms with Gasteiger partial charge in [0.25, 0.3) is 0 Å². The molecule has 20 heavy (non-hydrogen) atoms. The van der Waals surface area contributed by atoms with Crippen molar-refractivity contribution >= 4 is 34.5 Å². The van der Waals surface area contributed by atoms with Gasteiger partial charge in [-0.1, -0.05) is 6.58 Å². The van der Waals surface area contributed by atoms with Crippen molar-refractivity contribution in [3.05, 3.63) is 45.6 Å². The number of benzene rings is 1. The SMILES string of the molecule is C=C(C)C(=O)OCCCCOC(=O)c1ccc(I)cc1. The molecule has 0 N–H and O–H groups in total. The Balaban J connectivity index is 2.15. The van der Waals surface area contributed by atoms with Crippen LogP contribution in [0.5, 0.6) is 0 Å². The van der Waals surface area contributed by atoms with Crippen molar-refractivity contribution in [2.24, 2.45) is 0 Å². The molecule has 5 heteroatoms. The van der Waals surface area contributed by atoms with Crippen LogP contribution < -0.4 is 0 Å². The highest BCUT2D eigenvalue weighted by molar-refractivity contribution is 14.1. The zero-order valence-corrected chi connectivity index (χ0v) is 13.5. The number of carbonyl (C=O) groups excluding carboxylic acids is 2. The number of hydrogen-bond acceptors (Lipinski definition) is 4. The predicted molar refractivity (Wildman–Crippen MR) is 84.4 cm³/mol. The molecule has 1 aromatic carbocycles. The number of esters is 2. The van der Waals surface area contributed by atoms with Crippen molar-refractivity contribution in [2.45, 2.75) is 19.8 Å². The Bertz CT molecular complexity index is 479. The zero-order chi connectivity index (χ0) is 15.0. The molecular formula is C15H17IO4. The minimum atomic E-state index is -0.388. The van der Waals surface area contributed by atoms with Crippen LogP contribution in [0.4, 0.5) is 0 Å². The molecule has 0 heterocycles. The third-order valence-electron chi connectivity index (χ3n) is 2.43. The van der Waals surface area contributed by atoms with Crippen molar-refractivity contribution in [3.8, 4) is 0 Å². The van der Waals surface area contributed by atoms with E-state index in [9.17, 15) is 9.59 Å². The summed E-state index contributed by atoms with van der Waals surface area (Å²) in [5.74, 6) is -0.721. The topological polar surface area (TPSA) is 52.6 Å². The molecule has 4 nitrogen and oxygen atoms in total. The molecule has 1 rings (SSSR count). The van der Waals surface area contributed by atoms with Crippen molar-refractivity contribution in [1.82, 2.24) is 0 Å². The summed E-state index contributed by atoms with van der Waals surface area (Å²) < 4.78 is 11.1. The van der Waals surface area contributed by atoms with Crippen LogP contribution in [0.25, 0.3) is 0 Å². The number of unbranched alkanes of at least 4 members (excludes halogenated alkanes) is 1. The van der Waals surface area contributed by atoms with Crippen LogP contribution in [0.1, 0.15) is 30.1 Å². The second-order valence-corrected chi connectivity index (χ2v) is 5.51. The highest BCUT2D eigenvalue weighted by atomic mass is 127. The van der Waals surface area contributed by atoms with Crippen LogP contribution in [0.15, 0.2) is 36.4 Å². The second kappa shape index (κ2) is 8.73. The Labute approximate surface area is 132 Å². The molecule has 0 saturated heterocycles. The van der Waals surface area contributed by atoms with Crippen LogP contribution in [0, 0.1) is 3.57 Å². The number of carbonyl (C=O) groups is 2. The van der Waals surface area contributed by atoms with Crippen molar-refractivity contribution < 1.29 is 19.1 Å². The quantitative estimate of drug-likeness (QED) is 0.311. The molecule has 0 amide bonds. The summed E-state index contributed by atoms with van der Waals surface area (Å²) >= 11 is 2.17. The van der Waals surface area contributed by atoms with Crippen LogP contribution in [-0.2, 0) is 14.3 Å². The van der Waals surface area contributed by atoms with Gasteiger partial charge < -0.3 is 9.47 Å².